The number of nitrogens with zero attached hydrogens (tertiary/aromatic N) is 7. The first-order valence-electron chi connectivity index (χ1n) is 48.0. The molecule has 6 heterocycles. The van der Waals surface area contributed by atoms with Crippen LogP contribution in [0.1, 0.15) is 74.9 Å². The molecular formula is C129H90N7O4P. The maximum absolute atomic E-state index is 14.8. The molecule has 0 unspecified atom stereocenters. The van der Waals surface area contributed by atoms with Gasteiger partial charge in [0, 0.05) is 103 Å². The largest absolute Gasteiger partial charge is 0.456 e. The van der Waals surface area contributed by atoms with E-state index in [-0.39, 0.29) is 16.2 Å². The van der Waals surface area contributed by atoms with E-state index in [0.29, 0.717) is 35.1 Å². The molecule has 0 saturated carbocycles. The molecule has 0 spiro atoms. The highest BCUT2D eigenvalue weighted by molar-refractivity contribution is 7.85. The van der Waals surface area contributed by atoms with E-state index in [9.17, 15) is 4.57 Å². The zero-order valence-corrected chi connectivity index (χ0v) is 79.2. The van der Waals surface area contributed by atoms with Crippen LogP contribution in [0.2, 0.25) is 0 Å². The van der Waals surface area contributed by atoms with Crippen LogP contribution < -0.4 is 15.9 Å². The standard InChI is InChI=1S/C48H32N4O.C42H29N3O.C39H29O2P/c1-48(2)39-19-11-9-17-33(39)35-27-38-37-26-32(22-24-43(37)53-44(38)28-40(35)48)31-21-23-42-36(25-31)34-18-10-12-20-41(34)52(42)47-50-45(29-13-5-3-6-14-29)49-46(51-47)30-15-7-4-8-16-30;1-42(2)35-19-10-9-18-31(35)32-24-34-33-23-29(20-21-37(33)46-38(34)25-36(32)42)28-16-11-17-30(22-28)41-44-39(26-12-5-3-6-13-26)43-40(45-41)27-14-7-4-8-15-27;1-39(2)35-16-10-9-15-31(35)32-24-34-33-23-27(19-22-37(33)41-38(34)25-36(32)39)26-17-20-30(21-18-26)42(40,28-11-5-3-6-12-28)29-13-7-4-8-14-29/h3-28H,1-2H3;3-25H,1-2H3;3-25H,1-2H3. The summed E-state index contributed by atoms with van der Waals surface area (Å²) < 4.78 is 36.3. The highest BCUT2D eigenvalue weighted by Crippen LogP contribution is 2.56. The van der Waals surface area contributed by atoms with E-state index in [1.807, 2.05) is 194 Å². The average molecular weight is 1830 g/mol. The summed E-state index contributed by atoms with van der Waals surface area (Å²) in [5.41, 5.74) is 34.5. The van der Waals surface area contributed by atoms with Crippen molar-refractivity contribution in [2.45, 2.75) is 57.8 Å². The summed E-state index contributed by atoms with van der Waals surface area (Å²) >= 11 is 0. The number of hydrogen-bond donors (Lipinski definition) is 0. The van der Waals surface area contributed by atoms with Crippen molar-refractivity contribution >= 4 is 111 Å². The fraction of sp³-hybridized carbons (Fsp3) is 0.0698. The highest BCUT2D eigenvalue weighted by atomic mass is 31.2. The van der Waals surface area contributed by atoms with Gasteiger partial charge in [-0.15, -0.1) is 0 Å². The van der Waals surface area contributed by atoms with Crippen molar-refractivity contribution < 1.29 is 17.8 Å². The van der Waals surface area contributed by atoms with Gasteiger partial charge in [0.1, 0.15) is 33.5 Å². The molecule has 0 aliphatic heterocycles. The minimum Gasteiger partial charge on any atom is -0.456 e. The predicted octanol–water partition coefficient (Wildman–Crippen LogP) is 32.1. The van der Waals surface area contributed by atoms with Crippen LogP contribution in [-0.2, 0) is 20.8 Å². The molecule has 0 fully saturated rings. The number of furan rings is 3. The Bertz CT molecular complexity index is 9260. The molecule has 11 nitrogen and oxygen atoms in total. The maximum Gasteiger partial charge on any atom is 0.238 e. The lowest BCUT2D eigenvalue weighted by Crippen LogP contribution is -2.24. The quantitative estimate of drug-likeness (QED) is 0.109. The molecule has 0 saturated heterocycles. The normalized spacial score (nSPS) is 13.4. The van der Waals surface area contributed by atoms with Crippen LogP contribution in [0.25, 0.3) is 217 Å². The van der Waals surface area contributed by atoms with Crippen LogP contribution in [0.4, 0.5) is 0 Å². The summed E-state index contributed by atoms with van der Waals surface area (Å²) in [6.07, 6.45) is 0. The molecule has 25 aromatic rings. The third-order valence-electron chi connectivity index (χ3n) is 29.4. The molecule has 3 aliphatic rings. The Hall–Kier alpha value is -17.4. The molecule has 141 heavy (non-hydrogen) atoms. The Balaban J connectivity index is 0.000000109. The van der Waals surface area contributed by atoms with Gasteiger partial charge in [-0.1, -0.05) is 381 Å². The first kappa shape index (κ1) is 84.2. The number of hydrogen-bond acceptors (Lipinski definition) is 10. The molecule has 6 aromatic heterocycles. The molecule has 0 atom stereocenters. The Morgan fingerprint density at radius 3 is 0.887 bits per heavy atom. The summed E-state index contributed by atoms with van der Waals surface area (Å²) in [4.78, 5) is 29.8. The van der Waals surface area contributed by atoms with Gasteiger partial charge in [-0.3, -0.25) is 4.57 Å². The second-order valence-electron chi connectivity index (χ2n) is 38.7. The fourth-order valence-corrected chi connectivity index (χ4v) is 24.7. The number of para-hydroxylation sites is 1. The zero-order valence-electron chi connectivity index (χ0n) is 78.3. The van der Waals surface area contributed by atoms with E-state index >= 15 is 0 Å². The van der Waals surface area contributed by atoms with Crippen LogP contribution in [0, 0.1) is 0 Å². The van der Waals surface area contributed by atoms with Crippen LogP contribution in [-0.4, -0.2) is 34.5 Å². The molecule has 19 aromatic carbocycles. The van der Waals surface area contributed by atoms with Gasteiger partial charge >= 0.3 is 0 Å². The van der Waals surface area contributed by atoms with Gasteiger partial charge in [0.15, 0.2) is 36.3 Å². The fourth-order valence-electron chi connectivity index (χ4n) is 22.1. The monoisotopic (exact) mass is 1830 g/mol. The summed E-state index contributed by atoms with van der Waals surface area (Å²) in [6.45, 7) is 13.8. The van der Waals surface area contributed by atoms with Gasteiger partial charge in [0.05, 0.1) is 11.0 Å². The zero-order chi connectivity index (χ0) is 94.6. The second-order valence-corrected chi connectivity index (χ2v) is 41.4. The van der Waals surface area contributed by atoms with Crippen LogP contribution in [0.15, 0.2) is 450 Å². The molecule has 0 bridgehead atoms. The molecule has 670 valence electrons. The summed E-state index contributed by atoms with van der Waals surface area (Å²) in [6, 6.07) is 151. The van der Waals surface area contributed by atoms with Crippen LogP contribution in [0.3, 0.4) is 0 Å². The lowest BCUT2D eigenvalue weighted by atomic mass is 9.82. The van der Waals surface area contributed by atoms with E-state index in [1.54, 1.807) is 0 Å². The van der Waals surface area contributed by atoms with Crippen molar-refractivity contribution in [1.82, 2.24) is 34.5 Å². The van der Waals surface area contributed by atoms with Gasteiger partial charge in [0.2, 0.25) is 5.95 Å². The minimum absolute atomic E-state index is 0.0646. The summed E-state index contributed by atoms with van der Waals surface area (Å²) in [5.74, 6) is 3.80. The van der Waals surface area contributed by atoms with Crippen LogP contribution >= 0.6 is 7.14 Å². The van der Waals surface area contributed by atoms with E-state index in [4.69, 9.17) is 43.2 Å². The number of aromatic nitrogens is 7. The third kappa shape index (κ3) is 14.0. The van der Waals surface area contributed by atoms with E-state index in [2.05, 4.69) is 289 Å². The molecular weight excluding hydrogens is 1740 g/mol. The lowest BCUT2D eigenvalue weighted by Gasteiger charge is -2.21. The first-order valence-corrected chi connectivity index (χ1v) is 49.7. The maximum atomic E-state index is 14.8. The molecule has 0 N–H and O–H groups in total. The SMILES string of the molecule is CC1(C)c2ccccc2-c2cc3c(cc21)oc1ccc(-c2ccc(P(=O)(c4ccccc4)c4ccccc4)cc2)cc13.CC1(C)c2ccccc2-c2cc3c(cc21)oc1ccc(-c2ccc4c(c2)c2ccccc2n4-c2nc(-c4ccccc4)nc(-c4ccccc4)n2)cc13.CC1(C)c2ccccc2-c2cc3c(cc21)oc1ccc(-c2cccc(-c4nc(-c5ccccc5)nc(-c5ccccc5)n4)c2)cc13. The van der Waals surface area contributed by atoms with Gasteiger partial charge in [0.25, 0.3) is 0 Å². The number of benzene rings is 19. The molecule has 0 radical (unpaired) electrons. The molecule has 12 heteroatoms. The Morgan fingerprint density at radius 2 is 0.482 bits per heavy atom. The summed E-state index contributed by atoms with van der Waals surface area (Å²) in [7, 11) is -3.01. The van der Waals surface area contributed by atoms with Crippen molar-refractivity contribution in [1.29, 1.82) is 0 Å². The van der Waals surface area contributed by atoms with Crippen molar-refractivity contribution in [3.05, 3.63) is 470 Å². The Morgan fingerprint density at radius 1 is 0.199 bits per heavy atom. The van der Waals surface area contributed by atoms with Gasteiger partial charge < -0.3 is 17.8 Å². The molecule has 28 rings (SSSR count). The predicted molar refractivity (Wildman–Crippen MR) is 578 cm³/mol. The van der Waals surface area contributed by atoms with E-state index in [0.717, 1.165) is 165 Å². The Kier molecular flexibility index (Phi) is 19.7. The number of rotatable bonds is 12. The Labute approximate surface area is 814 Å². The minimum atomic E-state index is -3.01. The van der Waals surface area contributed by atoms with Crippen molar-refractivity contribution in [2.24, 2.45) is 0 Å². The summed E-state index contributed by atoms with van der Waals surface area (Å²) in [5, 5.41) is 11.5. The molecule has 0 amide bonds. The third-order valence-corrected chi connectivity index (χ3v) is 32.4. The van der Waals surface area contributed by atoms with Crippen molar-refractivity contribution in [3.63, 3.8) is 0 Å². The van der Waals surface area contributed by atoms with E-state index < -0.39 is 7.14 Å². The molecule has 3 aliphatic carbocycles. The van der Waals surface area contributed by atoms with Gasteiger partial charge in [-0.2, -0.15) is 9.97 Å². The first-order chi connectivity index (χ1) is 69.0. The van der Waals surface area contributed by atoms with Crippen molar-refractivity contribution in [3.8, 4) is 130 Å². The topological polar surface area (TPSA) is 139 Å². The highest BCUT2D eigenvalue weighted by Gasteiger charge is 2.40. The van der Waals surface area contributed by atoms with Gasteiger partial charge in [-0.25, -0.2) is 19.9 Å². The van der Waals surface area contributed by atoms with Gasteiger partial charge in [-0.05, 0) is 197 Å². The van der Waals surface area contributed by atoms with Crippen LogP contribution in [0.5, 0.6) is 0 Å². The average Bonchev–Trinajstić information content (AvgIpc) is 1.56. The lowest BCUT2D eigenvalue weighted by molar-refractivity contribution is 0.592. The second kappa shape index (κ2) is 33.0. The smallest absolute Gasteiger partial charge is 0.238 e. The number of fused-ring (bicyclic) bond motifs is 21. The van der Waals surface area contributed by atoms with E-state index in [1.165, 1.54) is 66.8 Å². The van der Waals surface area contributed by atoms with Crippen molar-refractivity contribution in [2.75, 3.05) is 0 Å².